The van der Waals surface area contributed by atoms with E-state index in [0.29, 0.717) is 6.04 Å². The van der Waals surface area contributed by atoms with E-state index in [9.17, 15) is 4.21 Å². The first-order valence-electron chi connectivity index (χ1n) is 7.25. The second-order valence-corrected chi connectivity index (χ2v) is 7.28. The van der Waals surface area contributed by atoms with E-state index in [2.05, 4.69) is 23.2 Å². The van der Waals surface area contributed by atoms with Crippen molar-refractivity contribution in [2.75, 3.05) is 37.7 Å². The Balaban J connectivity index is 1.90. The SMILES string of the molecule is CCNC(CCN1CCS(=O)CC1)c1cccc(Cl)c1. The molecule has 1 heterocycles. The lowest BCUT2D eigenvalue weighted by molar-refractivity contribution is 0.279. The normalized spacial score (nSPS) is 19.1. The summed E-state index contributed by atoms with van der Waals surface area (Å²) in [6.45, 7) is 6.03. The number of rotatable bonds is 6. The quantitative estimate of drug-likeness (QED) is 0.875. The van der Waals surface area contributed by atoms with Gasteiger partial charge in [0.05, 0.1) is 0 Å². The number of halogens is 1. The van der Waals surface area contributed by atoms with E-state index >= 15 is 0 Å². The number of nitrogens with zero attached hydrogens (tertiary/aromatic N) is 1. The van der Waals surface area contributed by atoms with Crippen molar-refractivity contribution in [2.24, 2.45) is 0 Å². The van der Waals surface area contributed by atoms with Gasteiger partial charge in [0.15, 0.2) is 0 Å². The fraction of sp³-hybridized carbons (Fsp3) is 0.600. The van der Waals surface area contributed by atoms with E-state index < -0.39 is 10.8 Å². The third kappa shape index (κ3) is 4.85. The minimum atomic E-state index is -0.592. The molecule has 0 spiro atoms. The number of nitrogens with one attached hydrogen (secondary N) is 1. The Morgan fingerprint density at radius 1 is 1.40 bits per heavy atom. The first-order valence-corrected chi connectivity index (χ1v) is 9.12. The molecule has 1 aromatic rings. The van der Waals surface area contributed by atoms with Crippen LogP contribution in [0.1, 0.15) is 24.9 Å². The van der Waals surface area contributed by atoms with Gasteiger partial charge in [-0.1, -0.05) is 30.7 Å². The topological polar surface area (TPSA) is 32.3 Å². The van der Waals surface area contributed by atoms with E-state index in [4.69, 9.17) is 11.6 Å². The fourth-order valence-corrected chi connectivity index (χ4v) is 3.89. The molecule has 1 N–H and O–H groups in total. The fourth-order valence-electron chi connectivity index (χ4n) is 2.57. The van der Waals surface area contributed by atoms with Gasteiger partial charge in [0.2, 0.25) is 0 Å². The molecule has 20 heavy (non-hydrogen) atoms. The second-order valence-electron chi connectivity index (χ2n) is 5.14. The molecule has 1 aliphatic heterocycles. The van der Waals surface area contributed by atoms with Gasteiger partial charge in [-0.15, -0.1) is 0 Å². The summed E-state index contributed by atoms with van der Waals surface area (Å²) in [7, 11) is -0.592. The van der Waals surface area contributed by atoms with E-state index in [0.717, 1.165) is 49.1 Å². The summed E-state index contributed by atoms with van der Waals surface area (Å²) in [5.41, 5.74) is 1.25. The Bertz CT molecular complexity index is 445. The second kappa shape index (κ2) is 8.13. The molecule has 0 aromatic heterocycles. The third-order valence-corrected chi connectivity index (χ3v) is 5.22. The van der Waals surface area contributed by atoms with Crippen LogP contribution in [0.3, 0.4) is 0 Å². The highest BCUT2D eigenvalue weighted by Gasteiger charge is 2.17. The zero-order valence-electron chi connectivity index (χ0n) is 12.0. The van der Waals surface area contributed by atoms with Crippen LogP contribution in [0.15, 0.2) is 24.3 Å². The molecule has 1 aliphatic rings. The van der Waals surface area contributed by atoms with Crippen molar-refractivity contribution in [1.29, 1.82) is 0 Å². The minimum absolute atomic E-state index is 0.339. The minimum Gasteiger partial charge on any atom is -0.310 e. The predicted molar refractivity (Wildman–Crippen MR) is 86.8 cm³/mol. The first-order chi connectivity index (χ1) is 9.69. The Labute approximate surface area is 129 Å². The van der Waals surface area contributed by atoms with Gasteiger partial charge in [-0.05, 0) is 30.7 Å². The van der Waals surface area contributed by atoms with Crippen LogP contribution in [0.4, 0.5) is 0 Å². The first kappa shape index (κ1) is 16.0. The van der Waals surface area contributed by atoms with Crippen LogP contribution in [0.5, 0.6) is 0 Å². The molecule has 1 atom stereocenters. The van der Waals surface area contributed by atoms with Gasteiger partial charge in [0.25, 0.3) is 0 Å². The highest BCUT2D eigenvalue weighted by Crippen LogP contribution is 2.21. The molecular weight excluding hydrogens is 292 g/mol. The predicted octanol–water partition coefficient (Wildman–Crippen LogP) is 2.45. The average Bonchev–Trinajstić information content (AvgIpc) is 2.45. The summed E-state index contributed by atoms with van der Waals surface area (Å²) in [5.74, 6) is 1.64. The van der Waals surface area contributed by atoms with Crippen LogP contribution in [-0.2, 0) is 10.8 Å². The van der Waals surface area contributed by atoms with Crippen molar-refractivity contribution in [3.8, 4) is 0 Å². The summed E-state index contributed by atoms with van der Waals surface area (Å²) in [4.78, 5) is 2.41. The van der Waals surface area contributed by atoms with Crippen LogP contribution >= 0.6 is 11.6 Å². The molecule has 0 saturated carbocycles. The maximum Gasteiger partial charge on any atom is 0.0409 e. The molecule has 0 aliphatic carbocycles. The van der Waals surface area contributed by atoms with Crippen LogP contribution in [0, 0.1) is 0 Å². The van der Waals surface area contributed by atoms with Crippen LogP contribution in [-0.4, -0.2) is 46.8 Å². The number of benzene rings is 1. The molecule has 0 bridgehead atoms. The summed E-state index contributed by atoms with van der Waals surface area (Å²) < 4.78 is 11.4. The highest BCUT2D eigenvalue weighted by molar-refractivity contribution is 7.85. The van der Waals surface area contributed by atoms with Crippen molar-refractivity contribution in [2.45, 2.75) is 19.4 Å². The molecule has 1 saturated heterocycles. The summed E-state index contributed by atoms with van der Waals surface area (Å²) in [5, 5.41) is 4.32. The van der Waals surface area contributed by atoms with Crippen molar-refractivity contribution < 1.29 is 4.21 Å². The van der Waals surface area contributed by atoms with Gasteiger partial charge in [0, 0.05) is 53.0 Å². The molecule has 112 valence electrons. The lowest BCUT2D eigenvalue weighted by atomic mass is 10.0. The Morgan fingerprint density at radius 2 is 2.15 bits per heavy atom. The van der Waals surface area contributed by atoms with Crippen LogP contribution < -0.4 is 5.32 Å². The van der Waals surface area contributed by atoms with E-state index in [1.165, 1.54) is 5.56 Å². The van der Waals surface area contributed by atoms with Gasteiger partial charge in [-0.25, -0.2) is 0 Å². The summed E-state index contributed by atoms with van der Waals surface area (Å²) >= 11 is 6.08. The number of hydrogen-bond acceptors (Lipinski definition) is 3. The molecule has 0 radical (unpaired) electrons. The van der Waals surface area contributed by atoms with Crippen molar-refractivity contribution in [1.82, 2.24) is 10.2 Å². The molecule has 1 fully saturated rings. The van der Waals surface area contributed by atoms with Crippen LogP contribution in [0.2, 0.25) is 5.02 Å². The summed E-state index contributed by atoms with van der Waals surface area (Å²) in [6, 6.07) is 8.43. The Morgan fingerprint density at radius 3 is 2.80 bits per heavy atom. The zero-order valence-corrected chi connectivity index (χ0v) is 13.6. The Hall–Kier alpha value is -0.420. The van der Waals surface area contributed by atoms with Gasteiger partial charge >= 0.3 is 0 Å². The largest absolute Gasteiger partial charge is 0.310 e. The van der Waals surface area contributed by atoms with E-state index in [1.807, 2.05) is 18.2 Å². The number of hydrogen-bond donors (Lipinski definition) is 1. The lowest BCUT2D eigenvalue weighted by Gasteiger charge is -2.28. The monoisotopic (exact) mass is 314 g/mol. The van der Waals surface area contributed by atoms with Gasteiger partial charge in [-0.3, -0.25) is 4.21 Å². The van der Waals surface area contributed by atoms with Gasteiger partial charge < -0.3 is 10.2 Å². The van der Waals surface area contributed by atoms with Gasteiger partial charge in [-0.2, -0.15) is 0 Å². The maximum absolute atomic E-state index is 11.4. The molecule has 3 nitrogen and oxygen atoms in total. The molecule has 2 rings (SSSR count). The summed E-state index contributed by atoms with van der Waals surface area (Å²) in [6.07, 6.45) is 1.06. The molecule has 5 heteroatoms. The van der Waals surface area contributed by atoms with E-state index in [1.54, 1.807) is 0 Å². The van der Waals surface area contributed by atoms with Crippen LogP contribution in [0.25, 0.3) is 0 Å². The highest BCUT2D eigenvalue weighted by atomic mass is 35.5. The average molecular weight is 315 g/mol. The van der Waals surface area contributed by atoms with E-state index in [-0.39, 0.29) is 0 Å². The molecule has 1 unspecified atom stereocenters. The van der Waals surface area contributed by atoms with Crippen molar-refractivity contribution in [3.05, 3.63) is 34.9 Å². The third-order valence-electron chi connectivity index (χ3n) is 3.71. The maximum atomic E-state index is 11.4. The van der Waals surface area contributed by atoms with Crippen molar-refractivity contribution >= 4 is 22.4 Å². The molecular formula is C15H23ClN2OS. The smallest absolute Gasteiger partial charge is 0.0409 e. The Kier molecular flexibility index (Phi) is 6.49. The lowest BCUT2D eigenvalue weighted by Crippen LogP contribution is -2.39. The molecule has 1 aromatic carbocycles. The van der Waals surface area contributed by atoms with Gasteiger partial charge in [0.1, 0.15) is 0 Å². The van der Waals surface area contributed by atoms with Crippen molar-refractivity contribution in [3.63, 3.8) is 0 Å². The standard InChI is InChI=1S/C15H23ClN2OS/c1-2-17-15(13-4-3-5-14(16)12-13)6-7-18-8-10-20(19)11-9-18/h3-5,12,15,17H,2,6-11H2,1H3. The molecule has 0 amide bonds. The zero-order chi connectivity index (χ0) is 14.4.